The van der Waals surface area contributed by atoms with Crippen molar-refractivity contribution in [3.05, 3.63) is 70.5 Å². The second kappa shape index (κ2) is 9.88. The molecule has 0 bridgehead atoms. The lowest BCUT2D eigenvalue weighted by Crippen LogP contribution is -2.53. The monoisotopic (exact) mass is 431 g/mol. The van der Waals surface area contributed by atoms with Crippen LogP contribution in [0.5, 0.6) is 0 Å². The molecule has 160 valence electrons. The highest BCUT2D eigenvalue weighted by molar-refractivity contribution is 6.30. The predicted molar refractivity (Wildman–Crippen MR) is 115 cm³/mol. The van der Waals surface area contributed by atoms with Gasteiger partial charge in [-0.1, -0.05) is 35.9 Å². The number of rotatable bonds is 5. The maximum atomic E-state index is 13.9. The van der Waals surface area contributed by atoms with Gasteiger partial charge in [0.2, 0.25) is 0 Å². The lowest BCUT2D eigenvalue weighted by atomic mass is 10.1. The molecule has 1 atom stereocenters. The van der Waals surface area contributed by atoms with Crippen molar-refractivity contribution in [1.29, 1.82) is 0 Å². The van der Waals surface area contributed by atoms with Crippen molar-refractivity contribution in [3.63, 3.8) is 0 Å². The van der Waals surface area contributed by atoms with Crippen molar-refractivity contribution >= 4 is 17.5 Å². The Morgan fingerprint density at radius 2 is 1.73 bits per heavy atom. The van der Waals surface area contributed by atoms with E-state index in [4.69, 9.17) is 16.3 Å². The average Bonchev–Trinajstić information content (AvgIpc) is 2.76. The van der Waals surface area contributed by atoms with Crippen molar-refractivity contribution in [3.8, 4) is 0 Å². The van der Waals surface area contributed by atoms with Gasteiger partial charge in [-0.05, 0) is 29.8 Å². The van der Waals surface area contributed by atoms with Crippen LogP contribution in [0.4, 0.5) is 4.39 Å². The first-order valence-corrected chi connectivity index (χ1v) is 10.8. The van der Waals surface area contributed by atoms with Crippen molar-refractivity contribution < 1.29 is 13.9 Å². The molecule has 0 aromatic heterocycles. The fraction of sp³-hybridized carbons (Fsp3) is 0.435. The minimum atomic E-state index is -0.457. The Kier molecular flexibility index (Phi) is 7.00. The number of hydrogen-bond donors (Lipinski definition) is 0. The smallest absolute Gasteiger partial charge is 0.256 e. The van der Waals surface area contributed by atoms with E-state index in [2.05, 4.69) is 21.9 Å². The average molecular weight is 432 g/mol. The molecule has 5 nitrogen and oxygen atoms in total. The topological polar surface area (TPSA) is 36.0 Å². The molecule has 0 radical (unpaired) electrons. The third-order valence-electron chi connectivity index (χ3n) is 5.77. The third kappa shape index (κ3) is 5.38. The van der Waals surface area contributed by atoms with Gasteiger partial charge in [-0.25, -0.2) is 4.39 Å². The molecule has 0 spiro atoms. The van der Waals surface area contributed by atoms with Gasteiger partial charge in [0, 0.05) is 57.4 Å². The van der Waals surface area contributed by atoms with Crippen molar-refractivity contribution in [2.24, 2.45) is 0 Å². The third-order valence-corrected chi connectivity index (χ3v) is 6.02. The predicted octanol–water partition coefficient (Wildman–Crippen LogP) is 3.14. The zero-order chi connectivity index (χ0) is 20.9. The number of hydrogen-bond acceptors (Lipinski definition) is 4. The molecular weight excluding hydrogens is 405 g/mol. The molecule has 0 aliphatic carbocycles. The first kappa shape index (κ1) is 21.2. The lowest BCUT2D eigenvalue weighted by molar-refractivity contribution is -0.0497. The molecule has 0 saturated carbocycles. The number of piperazine rings is 1. The van der Waals surface area contributed by atoms with Gasteiger partial charge < -0.3 is 9.64 Å². The molecule has 2 saturated heterocycles. The van der Waals surface area contributed by atoms with Gasteiger partial charge in [-0.15, -0.1) is 0 Å². The summed E-state index contributed by atoms with van der Waals surface area (Å²) in [6.45, 7) is 7.03. The Hall–Kier alpha value is -1.99. The number of ether oxygens (including phenoxy) is 1. The number of nitrogens with zero attached hydrogens (tertiary/aromatic N) is 3. The highest BCUT2D eigenvalue weighted by Gasteiger charge is 2.27. The van der Waals surface area contributed by atoms with Crippen molar-refractivity contribution in [1.82, 2.24) is 14.7 Å². The van der Waals surface area contributed by atoms with Crippen LogP contribution in [0.2, 0.25) is 5.02 Å². The van der Waals surface area contributed by atoms with E-state index in [1.54, 1.807) is 23.1 Å². The Morgan fingerprint density at radius 1 is 1.00 bits per heavy atom. The standard InChI is InChI=1S/C23H27ClFN3O2/c24-19-7-5-18(6-8-19)15-27-13-14-30-20(17-27)16-26-9-11-28(12-10-26)23(29)21-3-1-2-4-22(21)25/h1-8,20H,9-17H2. The highest BCUT2D eigenvalue weighted by atomic mass is 35.5. The normalized spacial score (nSPS) is 21.0. The largest absolute Gasteiger partial charge is 0.374 e. The molecule has 2 aromatic carbocycles. The van der Waals surface area contributed by atoms with E-state index in [0.29, 0.717) is 13.1 Å². The summed E-state index contributed by atoms with van der Waals surface area (Å²) in [5, 5.41) is 0.756. The van der Waals surface area contributed by atoms with Crippen LogP contribution >= 0.6 is 11.6 Å². The van der Waals surface area contributed by atoms with Crippen LogP contribution in [0.25, 0.3) is 0 Å². The second-order valence-corrected chi connectivity index (χ2v) is 8.36. The minimum Gasteiger partial charge on any atom is -0.374 e. The molecule has 0 N–H and O–H groups in total. The summed E-state index contributed by atoms with van der Waals surface area (Å²) in [6.07, 6.45) is 0.153. The summed E-state index contributed by atoms with van der Waals surface area (Å²) in [5.41, 5.74) is 1.40. The van der Waals surface area contributed by atoms with E-state index in [9.17, 15) is 9.18 Å². The summed E-state index contributed by atoms with van der Waals surface area (Å²) in [6, 6.07) is 14.2. The Bertz CT molecular complexity index is 856. The number of halogens is 2. The van der Waals surface area contributed by atoms with E-state index >= 15 is 0 Å². The summed E-state index contributed by atoms with van der Waals surface area (Å²) in [5.74, 6) is -0.683. The molecule has 7 heteroatoms. The minimum absolute atomic E-state index is 0.152. The van der Waals surface area contributed by atoms with Gasteiger partial charge in [-0.2, -0.15) is 0 Å². The Balaban J connectivity index is 1.25. The van der Waals surface area contributed by atoms with Crippen LogP contribution in [0.3, 0.4) is 0 Å². The van der Waals surface area contributed by atoms with Gasteiger partial charge in [0.15, 0.2) is 0 Å². The maximum Gasteiger partial charge on any atom is 0.256 e. The van der Waals surface area contributed by atoms with E-state index in [0.717, 1.165) is 50.9 Å². The SMILES string of the molecule is O=C(c1ccccc1F)N1CCN(CC2CN(Cc3ccc(Cl)cc3)CCO2)CC1. The quantitative estimate of drug-likeness (QED) is 0.728. The highest BCUT2D eigenvalue weighted by Crippen LogP contribution is 2.16. The van der Waals surface area contributed by atoms with Crippen molar-refractivity contribution in [2.75, 3.05) is 52.4 Å². The maximum absolute atomic E-state index is 13.9. The number of amides is 1. The van der Waals surface area contributed by atoms with Crippen LogP contribution < -0.4 is 0 Å². The van der Waals surface area contributed by atoms with E-state index < -0.39 is 5.82 Å². The molecule has 30 heavy (non-hydrogen) atoms. The van der Waals surface area contributed by atoms with Crippen LogP contribution in [0.15, 0.2) is 48.5 Å². The number of carbonyl (C=O) groups is 1. The molecule has 2 aliphatic heterocycles. The van der Waals surface area contributed by atoms with Crippen LogP contribution in [0.1, 0.15) is 15.9 Å². The summed E-state index contributed by atoms with van der Waals surface area (Å²) < 4.78 is 19.9. The lowest BCUT2D eigenvalue weighted by Gasteiger charge is -2.39. The summed E-state index contributed by atoms with van der Waals surface area (Å²) in [4.78, 5) is 19.1. The summed E-state index contributed by atoms with van der Waals surface area (Å²) in [7, 11) is 0. The van der Waals surface area contributed by atoms with Gasteiger partial charge in [0.25, 0.3) is 5.91 Å². The second-order valence-electron chi connectivity index (χ2n) is 7.93. The molecule has 4 rings (SSSR count). The number of carbonyl (C=O) groups excluding carboxylic acids is 1. The first-order valence-electron chi connectivity index (χ1n) is 10.4. The summed E-state index contributed by atoms with van der Waals surface area (Å²) >= 11 is 5.98. The fourth-order valence-electron chi connectivity index (χ4n) is 4.11. The van der Waals surface area contributed by atoms with Gasteiger partial charge in [-0.3, -0.25) is 14.6 Å². The van der Waals surface area contributed by atoms with Gasteiger partial charge in [0.1, 0.15) is 5.82 Å². The van der Waals surface area contributed by atoms with Crippen LogP contribution in [-0.2, 0) is 11.3 Å². The molecule has 2 aliphatic rings. The van der Waals surface area contributed by atoms with E-state index in [-0.39, 0.29) is 17.6 Å². The Morgan fingerprint density at radius 3 is 2.47 bits per heavy atom. The van der Waals surface area contributed by atoms with Crippen LogP contribution in [0, 0.1) is 5.82 Å². The molecule has 1 amide bonds. The number of benzene rings is 2. The first-order chi connectivity index (χ1) is 14.6. The zero-order valence-corrected chi connectivity index (χ0v) is 17.7. The molecule has 2 fully saturated rings. The Labute approximate surface area is 182 Å². The molecular formula is C23H27ClFN3O2. The van der Waals surface area contributed by atoms with E-state index in [1.165, 1.54) is 11.6 Å². The molecule has 1 unspecified atom stereocenters. The molecule has 2 aromatic rings. The molecule has 2 heterocycles. The zero-order valence-electron chi connectivity index (χ0n) is 17.0. The van der Waals surface area contributed by atoms with Gasteiger partial charge >= 0.3 is 0 Å². The number of morpholine rings is 1. The van der Waals surface area contributed by atoms with Gasteiger partial charge in [0.05, 0.1) is 18.3 Å². The van der Waals surface area contributed by atoms with Crippen molar-refractivity contribution in [2.45, 2.75) is 12.6 Å². The van der Waals surface area contributed by atoms with Crippen LogP contribution in [-0.4, -0.2) is 79.1 Å². The van der Waals surface area contributed by atoms with E-state index in [1.807, 2.05) is 12.1 Å². The fourth-order valence-corrected chi connectivity index (χ4v) is 4.24.